The van der Waals surface area contributed by atoms with E-state index in [9.17, 15) is 0 Å². The minimum absolute atomic E-state index is 0.104. The first kappa shape index (κ1) is 10.0. The molecule has 2 N–H and O–H groups in total. The van der Waals surface area contributed by atoms with Gasteiger partial charge in [0.25, 0.3) is 0 Å². The maximum atomic E-state index is 8.71. The molecular formula is C10H11ClN2. The zero-order chi connectivity index (χ0) is 9.84. The van der Waals surface area contributed by atoms with Crippen LogP contribution >= 0.6 is 11.6 Å². The predicted octanol–water partition coefficient (Wildman–Crippen LogP) is 2.10. The van der Waals surface area contributed by atoms with Gasteiger partial charge < -0.3 is 5.73 Å². The van der Waals surface area contributed by atoms with Gasteiger partial charge in [0.1, 0.15) is 6.07 Å². The molecule has 1 aromatic carbocycles. The fraction of sp³-hybridized carbons (Fsp3) is 0.300. The summed E-state index contributed by atoms with van der Waals surface area (Å²) >= 11 is 5.78. The molecule has 0 aliphatic carbocycles. The Morgan fingerprint density at radius 1 is 1.62 bits per heavy atom. The molecule has 68 valence electrons. The zero-order valence-corrected chi connectivity index (χ0v) is 8.17. The number of rotatable bonds is 2. The van der Waals surface area contributed by atoms with Crippen LogP contribution in [0.1, 0.15) is 18.1 Å². The smallest absolute Gasteiger partial charge is 0.101 e. The molecule has 0 aliphatic rings. The summed E-state index contributed by atoms with van der Waals surface area (Å²) in [5, 5.41) is 9.21. The third-order valence-corrected chi connectivity index (χ3v) is 2.04. The van der Waals surface area contributed by atoms with E-state index in [-0.39, 0.29) is 6.04 Å². The molecule has 0 radical (unpaired) electrons. The van der Waals surface area contributed by atoms with E-state index in [2.05, 4.69) is 0 Å². The molecule has 0 amide bonds. The van der Waals surface area contributed by atoms with Gasteiger partial charge in [-0.05, 0) is 31.0 Å². The van der Waals surface area contributed by atoms with Crippen LogP contribution in [0.5, 0.6) is 0 Å². The summed E-state index contributed by atoms with van der Waals surface area (Å²) in [6, 6.07) is 7.55. The molecule has 0 unspecified atom stereocenters. The van der Waals surface area contributed by atoms with E-state index in [4.69, 9.17) is 22.6 Å². The van der Waals surface area contributed by atoms with Crippen molar-refractivity contribution in [3.05, 3.63) is 34.3 Å². The number of nitrogens with zero attached hydrogens (tertiary/aromatic N) is 1. The molecule has 0 bridgehead atoms. The third-order valence-electron chi connectivity index (χ3n) is 1.71. The van der Waals surface area contributed by atoms with Crippen LogP contribution in [0.15, 0.2) is 18.2 Å². The Bertz CT molecular complexity index is 339. The van der Waals surface area contributed by atoms with Gasteiger partial charge in [0, 0.05) is 6.04 Å². The molecule has 0 aliphatic heterocycles. The standard InChI is InChI=1S/C10H11ClN2/c1-7(13)4-8-2-3-10(11)9(5-8)6-12/h2-3,5,7H,4,13H2,1H3/t7-/m1/s1. The number of nitriles is 1. The van der Waals surface area contributed by atoms with Crippen molar-refractivity contribution in [1.29, 1.82) is 5.26 Å². The van der Waals surface area contributed by atoms with Crippen molar-refractivity contribution in [3.8, 4) is 6.07 Å². The highest BCUT2D eigenvalue weighted by molar-refractivity contribution is 6.31. The Morgan fingerprint density at radius 2 is 2.31 bits per heavy atom. The Hall–Kier alpha value is -1.04. The average Bonchev–Trinajstić information content (AvgIpc) is 2.07. The van der Waals surface area contributed by atoms with Crippen molar-refractivity contribution in [1.82, 2.24) is 0 Å². The van der Waals surface area contributed by atoms with E-state index < -0.39 is 0 Å². The van der Waals surface area contributed by atoms with Crippen molar-refractivity contribution in [2.75, 3.05) is 0 Å². The molecule has 0 aromatic heterocycles. The average molecular weight is 195 g/mol. The fourth-order valence-electron chi connectivity index (χ4n) is 1.16. The van der Waals surface area contributed by atoms with Crippen LogP contribution in [0, 0.1) is 11.3 Å². The first-order chi connectivity index (χ1) is 6.13. The molecule has 1 rings (SSSR count). The van der Waals surface area contributed by atoms with Gasteiger partial charge in [0.15, 0.2) is 0 Å². The minimum Gasteiger partial charge on any atom is -0.328 e. The Labute approximate surface area is 82.9 Å². The molecule has 0 saturated heterocycles. The highest BCUT2D eigenvalue weighted by Gasteiger charge is 2.02. The highest BCUT2D eigenvalue weighted by atomic mass is 35.5. The summed E-state index contributed by atoms with van der Waals surface area (Å²) in [7, 11) is 0. The number of nitrogens with two attached hydrogens (primary N) is 1. The van der Waals surface area contributed by atoms with Crippen molar-refractivity contribution in [2.24, 2.45) is 5.73 Å². The fourth-order valence-corrected chi connectivity index (χ4v) is 1.32. The minimum atomic E-state index is 0.104. The Balaban J connectivity index is 2.95. The molecule has 1 atom stereocenters. The molecule has 2 nitrogen and oxygen atoms in total. The summed E-state index contributed by atoms with van der Waals surface area (Å²) in [6.07, 6.45) is 0.770. The van der Waals surface area contributed by atoms with Crippen LogP contribution in [0.3, 0.4) is 0 Å². The van der Waals surface area contributed by atoms with Crippen LogP contribution in [-0.2, 0) is 6.42 Å². The Kier molecular flexibility index (Phi) is 3.30. The van der Waals surface area contributed by atoms with Crippen LogP contribution in [-0.4, -0.2) is 6.04 Å². The van der Waals surface area contributed by atoms with E-state index in [1.54, 1.807) is 12.1 Å². The van der Waals surface area contributed by atoms with E-state index in [1.807, 2.05) is 19.1 Å². The van der Waals surface area contributed by atoms with Crippen LogP contribution in [0.25, 0.3) is 0 Å². The highest BCUT2D eigenvalue weighted by Crippen LogP contribution is 2.17. The van der Waals surface area contributed by atoms with Gasteiger partial charge in [-0.15, -0.1) is 0 Å². The van der Waals surface area contributed by atoms with Gasteiger partial charge >= 0.3 is 0 Å². The van der Waals surface area contributed by atoms with Crippen LogP contribution in [0.4, 0.5) is 0 Å². The van der Waals surface area contributed by atoms with E-state index in [1.165, 1.54) is 0 Å². The summed E-state index contributed by atoms with van der Waals surface area (Å²) in [6.45, 7) is 1.93. The van der Waals surface area contributed by atoms with Gasteiger partial charge in [0.2, 0.25) is 0 Å². The second-order valence-electron chi connectivity index (χ2n) is 3.11. The summed E-state index contributed by atoms with van der Waals surface area (Å²) < 4.78 is 0. The first-order valence-electron chi connectivity index (χ1n) is 4.07. The molecule has 1 aromatic rings. The summed E-state index contributed by atoms with van der Waals surface area (Å²) in [4.78, 5) is 0. The topological polar surface area (TPSA) is 49.8 Å². The summed E-state index contributed by atoms with van der Waals surface area (Å²) in [5.41, 5.74) is 7.20. The zero-order valence-electron chi connectivity index (χ0n) is 7.42. The van der Waals surface area contributed by atoms with E-state index in [0.29, 0.717) is 10.6 Å². The quantitative estimate of drug-likeness (QED) is 0.784. The maximum absolute atomic E-state index is 8.71. The van der Waals surface area contributed by atoms with Crippen LogP contribution in [0.2, 0.25) is 5.02 Å². The number of halogens is 1. The maximum Gasteiger partial charge on any atom is 0.101 e. The van der Waals surface area contributed by atoms with E-state index in [0.717, 1.165) is 12.0 Å². The lowest BCUT2D eigenvalue weighted by Gasteiger charge is -2.05. The lowest BCUT2D eigenvalue weighted by molar-refractivity contribution is 0.738. The van der Waals surface area contributed by atoms with Crippen LogP contribution < -0.4 is 5.73 Å². The number of benzene rings is 1. The summed E-state index contributed by atoms with van der Waals surface area (Å²) in [5.74, 6) is 0. The van der Waals surface area contributed by atoms with Crippen molar-refractivity contribution >= 4 is 11.6 Å². The second kappa shape index (κ2) is 4.27. The van der Waals surface area contributed by atoms with Crippen molar-refractivity contribution in [2.45, 2.75) is 19.4 Å². The first-order valence-corrected chi connectivity index (χ1v) is 4.45. The molecule has 0 heterocycles. The predicted molar refractivity (Wildman–Crippen MR) is 53.5 cm³/mol. The Morgan fingerprint density at radius 3 is 2.85 bits per heavy atom. The molecule has 0 fully saturated rings. The van der Waals surface area contributed by atoms with Gasteiger partial charge in [0.05, 0.1) is 10.6 Å². The van der Waals surface area contributed by atoms with Gasteiger partial charge in [-0.3, -0.25) is 0 Å². The molecule has 13 heavy (non-hydrogen) atoms. The van der Waals surface area contributed by atoms with Gasteiger partial charge in [-0.25, -0.2) is 0 Å². The third kappa shape index (κ3) is 2.73. The second-order valence-corrected chi connectivity index (χ2v) is 3.51. The molecule has 0 spiro atoms. The lowest BCUT2D eigenvalue weighted by atomic mass is 10.1. The number of hydrogen-bond acceptors (Lipinski definition) is 2. The molecular weight excluding hydrogens is 184 g/mol. The SMILES string of the molecule is C[C@@H](N)Cc1ccc(Cl)c(C#N)c1. The van der Waals surface area contributed by atoms with Gasteiger partial charge in [-0.1, -0.05) is 17.7 Å². The van der Waals surface area contributed by atoms with E-state index >= 15 is 0 Å². The molecule has 3 heteroatoms. The largest absolute Gasteiger partial charge is 0.328 e. The van der Waals surface area contributed by atoms with Gasteiger partial charge in [-0.2, -0.15) is 5.26 Å². The lowest BCUT2D eigenvalue weighted by Crippen LogP contribution is -2.17. The normalized spacial score (nSPS) is 12.2. The molecule has 0 saturated carbocycles. The monoisotopic (exact) mass is 194 g/mol. The van der Waals surface area contributed by atoms with Crippen molar-refractivity contribution < 1.29 is 0 Å². The number of hydrogen-bond donors (Lipinski definition) is 1. The van der Waals surface area contributed by atoms with Crippen molar-refractivity contribution in [3.63, 3.8) is 0 Å².